The molecule has 0 atom stereocenters. The molecule has 206 valence electrons. The van der Waals surface area contributed by atoms with Crippen molar-refractivity contribution in [2.45, 2.75) is 12.8 Å². The molecule has 12 heteroatoms. The van der Waals surface area contributed by atoms with Crippen LogP contribution in [0.15, 0.2) is 85.1 Å². The third-order valence-corrected chi connectivity index (χ3v) is 5.45. The summed E-state index contributed by atoms with van der Waals surface area (Å²) in [4.78, 5) is 26.2. The van der Waals surface area contributed by atoms with Crippen molar-refractivity contribution in [3.05, 3.63) is 119 Å². The van der Waals surface area contributed by atoms with E-state index in [1.54, 1.807) is 12.1 Å². The number of nitrogens with zero attached hydrogens (tertiary/aromatic N) is 1. The Balaban J connectivity index is 0.000000336. The second-order valence-corrected chi connectivity index (χ2v) is 9.24. The van der Waals surface area contributed by atoms with Gasteiger partial charge in [0.15, 0.2) is 16.7 Å². The van der Waals surface area contributed by atoms with Crippen LogP contribution < -0.4 is 15.4 Å². The van der Waals surface area contributed by atoms with Gasteiger partial charge >= 0.3 is 0 Å². The van der Waals surface area contributed by atoms with Gasteiger partial charge in [-0.2, -0.15) is 0 Å². The maximum atomic E-state index is 14.3. The van der Waals surface area contributed by atoms with Gasteiger partial charge in [-0.1, -0.05) is 35.9 Å². The second kappa shape index (κ2) is 15.0. The summed E-state index contributed by atoms with van der Waals surface area (Å²) in [5.41, 5.74) is 1.69. The Morgan fingerprint density at radius 2 is 1.45 bits per heavy atom. The van der Waals surface area contributed by atoms with Crippen LogP contribution in [-0.2, 0) is 22.4 Å². The number of amides is 1. The van der Waals surface area contributed by atoms with E-state index in [0.29, 0.717) is 17.0 Å². The number of anilines is 1. The molecule has 4 rings (SSSR count). The molecule has 1 amide bonds. The summed E-state index contributed by atoms with van der Waals surface area (Å²) < 4.78 is 44.9. The molecule has 0 aliphatic carbocycles. The largest absolute Gasteiger partial charge is 0.454 e. The molecule has 2 N–H and O–H groups in total. The van der Waals surface area contributed by atoms with Crippen molar-refractivity contribution < 1.29 is 27.5 Å². The average Bonchev–Trinajstić information content (AvgIpc) is 2.88. The summed E-state index contributed by atoms with van der Waals surface area (Å²) in [7, 11) is 0. The number of aromatic nitrogens is 1. The Labute approximate surface area is 243 Å². The first kappa shape index (κ1) is 30.6. The Kier molecular flexibility index (Phi) is 11.4. The van der Waals surface area contributed by atoms with Crippen LogP contribution in [0.5, 0.6) is 11.5 Å². The van der Waals surface area contributed by atoms with E-state index in [-0.39, 0.29) is 46.4 Å². The summed E-state index contributed by atoms with van der Waals surface area (Å²) in [6, 6.07) is 18.4. The smallest absolute Gasteiger partial charge is 0.230 e. The van der Waals surface area contributed by atoms with Crippen molar-refractivity contribution in [1.82, 2.24) is 10.3 Å². The van der Waals surface area contributed by atoms with Crippen LogP contribution in [0.1, 0.15) is 11.1 Å². The first-order valence-corrected chi connectivity index (χ1v) is 12.6. The van der Waals surface area contributed by atoms with Gasteiger partial charge < -0.3 is 15.4 Å². The lowest BCUT2D eigenvalue weighted by atomic mass is 10.1. The van der Waals surface area contributed by atoms with Crippen molar-refractivity contribution in [2.24, 2.45) is 0 Å². The minimum atomic E-state index is -0.636. The van der Waals surface area contributed by atoms with E-state index in [9.17, 15) is 22.8 Å². The zero-order valence-corrected chi connectivity index (χ0v) is 22.8. The summed E-state index contributed by atoms with van der Waals surface area (Å²) in [6.07, 6.45) is 1.62. The molecule has 6 nitrogen and oxygen atoms in total. The molecule has 1 heterocycles. The van der Waals surface area contributed by atoms with Crippen LogP contribution in [0.4, 0.5) is 18.9 Å². The molecule has 0 spiro atoms. The lowest BCUT2D eigenvalue weighted by Crippen LogP contribution is -2.35. The maximum absolute atomic E-state index is 14.3. The molecule has 3 aromatic carbocycles. The highest BCUT2D eigenvalue weighted by molar-refractivity contribution is 7.80. The number of hydrogen-bond donors (Lipinski definition) is 2. The van der Waals surface area contributed by atoms with Crippen LogP contribution in [0.25, 0.3) is 0 Å². The normalized spacial score (nSPS) is 10.1. The number of halogens is 5. The number of nitrogens with one attached hydrogen (secondary N) is 2. The zero-order chi connectivity index (χ0) is 29.1. The zero-order valence-electron chi connectivity index (χ0n) is 20.5. The minimum Gasteiger partial charge on any atom is -0.454 e. The maximum Gasteiger partial charge on any atom is 0.230 e. The summed E-state index contributed by atoms with van der Waals surface area (Å²) >= 11 is 16.0. The predicted octanol–water partition coefficient (Wildman–Crippen LogP) is 6.99. The fraction of sp³-hybridized carbons (Fsp3) is 0.0714. The number of hydrogen-bond acceptors (Lipinski definition) is 5. The Hall–Kier alpha value is -3.99. The molecule has 4 aromatic rings. The van der Waals surface area contributed by atoms with Gasteiger partial charge in [0.05, 0.1) is 6.42 Å². The quantitative estimate of drug-likeness (QED) is 0.134. The predicted molar refractivity (Wildman–Crippen MR) is 151 cm³/mol. The van der Waals surface area contributed by atoms with Gasteiger partial charge in [0.1, 0.15) is 22.5 Å². The van der Waals surface area contributed by atoms with Gasteiger partial charge in [-0.25, -0.2) is 18.2 Å². The number of thiocarbonyl (C=S) groups is 1. The molecule has 0 saturated heterocycles. The lowest BCUT2D eigenvalue weighted by molar-refractivity contribution is -0.119. The molecular formula is C28H20Cl2F3N3O3S. The number of ether oxygens (including phenoxy) is 1. The number of carbonyl (C=O) groups excluding carboxylic acids is 2. The van der Waals surface area contributed by atoms with Crippen molar-refractivity contribution in [1.29, 1.82) is 0 Å². The summed E-state index contributed by atoms with van der Waals surface area (Å²) in [5, 5.41) is 5.00. The van der Waals surface area contributed by atoms with Crippen LogP contribution in [-0.4, -0.2) is 21.2 Å². The van der Waals surface area contributed by atoms with E-state index in [1.807, 2.05) is 0 Å². The second-order valence-electron chi connectivity index (χ2n) is 8.03. The van der Waals surface area contributed by atoms with Crippen molar-refractivity contribution >= 4 is 57.4 Å². The molecule has 40 heavy (non-hydrogen) atoms. The fourth-order valence-corrected chi connectivity index (χ4v) is 3.67. The van der Waals surface area contributed by atoms with E-state index in [4.69, 9.17) is 40.2 Å². The Morgan fingerprint density at radius 3 is 2.00 bits per heavy atom. The van der Waals surface area contributed by atoms with Crippen LogP contribution in [0.2, 0.25) is 5.15 Å². The molecule has 0 aliphatic heterocycles. The minimum absolute atomic E-state index is 0.00564. The molecule has 0 saturated carbocycles. The molecular weight excluding hydrogens is 586 g/mol. The van der Waals surface area contributed by atoms with Gasteiger partial charge in [-0.15, -0.1) is 0 Å². The number of pyridine rings is 1. The number of rotatable bonds is 7. The molecule has 0 bridgehead atoms. The van der Waals surface area contributed by atoms with Crippen molar-refractivity contribution in [2.75, 3.05) is 5.32 Å². The third-order valence-electron chi connectivity index (χ3n) is 4.90. The molecule has 0 unspecified atom stereocenters. The Morgan fingerprint density at radius 1 is 0.850 bits per heavy atom. The Bertz CT molecular complexity index is 1490. The highest BCUT2D eigenvalue weighted by Crippen LogP contribution is 2.27. The molecule has 1 aromatic heterocycles. The molecule has 0 fully saturated rings. The van der Waals surface area contributed by atoms with E-state index in [0.717, 1.165) is 5.56 Å². The van der Waals surface area contributed by atoms with Crippen LogP contribution in [0.3, 0.4) is 0 Å². The van der Waals surface area contributed by atoms with Crippen LogP contribution in [0, 0.1) is 17.5 Å². The third kappa shape index (κ3) is 10.6. The number of carbonyl (C=O) groups is 2. The highest BCUT2D eigenvalue weighted by atomic mass is 35.5. The summed E-state index contributed by atoms with van der Waals surface area (Å²) in [6.45, 7) is 0. The SMILES string of the molecule is O=C(Cc1ccc(F)cc1)NC(=S)Nc1ccc(Oc2ccnc(Cl)c2)c(F)c1.O=C(Cl)Cc1ccc(F)cc1. The van der Waals surface area contributed by atoms with Crippen LogP contribution >= 0.6 is 35.4 Å². The van der Waals surface area contributed by atoms with Gasteiger partial charge in [0, 0.05) is 30.4 Å². The van der Waals surface area contributed by atoms with E-state index in [2.05, 4.69) is 15.6 Å². The van der Waals surface area contributed by atoms with Gasteiger partial charge in [-0.05, 0) is 77.4 Å². The van der Waals surface area contributed by atoms with Gasteiger partial charge in [-0.3, -0.25) is 9.59 Å². The molecule has 0 aliphatic rings. The first-order chi connectivity index (χ1) is 19.1. The van der Waals surface area contributed by atoms with Crippen molar-refractivity contribution in [3.63, 3.8) is 0 Å². The lowest BCUT2D eigenvalue weighted by Gasteiger charge is -2.12. The highest BCUT2D eigenvalue weighted by Gasteiger charge is 2.10. The van der Waals surface area contributed by atoms with E-state index >= 15 is 0 Å². The topological polar surface area (TPSA) is 80.3 Å². The van der Waals surface area contributed by atoms with Crippen molar-refractivity contribution in [3.8, 4) is 11.5 Å². The van der Waals surface area contributed by atoms with E-state index in [1.165, 1.54) is 72.9 Å². The standard InChI is InChI=1S/C20H14ClF2N3O2S.C8H6ClFO/c21-18-11-15(7-8-24-18)28-17-6-5-14(10-16(17)23)25-20(29)26-19(27)9-12-1-3-13(22)4-2-12;9-8(11)5-6-1-3-7(10)4-2-6/h1-8,10-11H,9H2,(H2,25,26,27,29);1-4H,5H2. The van der Waals surface area contributed by atoms with Gasteiger partial charge in [0.25, 0.3) is 0 Å². The first-order valence-electron chi connectivity index (χ1n) is 11.4. The monoisotopic (exact) mass is 605 g/mol. The number of benzene rings is 3. The molecule has 0 radical (unpaired) electrons. The average molecular weight is 606 g/mol. The summed E-state index contributed by atoms with van der Waals surface area (Å²) in [5.74, 6) is -1.38. The fourth-order valence-electron chi connectivity index (χ4n) is 3.12. The van der Waals surface area contributed by atoms with E-state index < -0.39 is 11.1 Å². The van der Waals surface area contributed by atoms with Gasteiger partial charge in [0.2, 0.25) is 11.1 Å².